The van der Waals surface area contributed by atoms with Crippen molar-refractivity contribution in [3.8, 4) is 124 Å². The molecule has 524 valence electrons. The Labute approximate surface area is 643 Å². The summed E-state index contributed by atoms with van der Waals surface area (Å²) >= 11 is 0. The van der Waals surface area contributed by atoms with E-state index in [0.717, 1.165) is 171 Å². The number of para-hydroxylation sites is 4. The third kappa shape index (κ3) is 11.5. The van der Waals surface area contributed by atoms with Crippen LogP contribution in [0.4, 0.5) is 0 Å². The minimum Gasteiger partial charge on any atom is -0.455 e. The lowest BCUT2D eigenvalue weighted by atomic mass is 10.0. The highest BCUT2D eigenvalue weighted by Gasteiger charge is 2.26. The smallest absolute Gasteiger partial charge is 0.166 e. The van der Waals surface area contributed by atoms with Crippen LogP contribution in [0.5, 0.6) is 0 Å². The molecule has 0 aliphatic carbocycles. The summed E-state index contributed by atoms with van der Waals surface area (Å²) in [6, 6.07) is 135. The Morgan fingerprint density at radius 3 is 0.911 bits per heavy atom. The van der Waals surface area contributed by atoms with Crippen LogP contribution in [0.2, 0.25) is 0 Å². The van der Waals surface area contributed by atoms with E-state index in [0.29, 0.717) is 34.9 Å². The minimum atomic E-state index is 0.598. The second-order valence-corrected chi connectivity index (χ2v) is 28.0. The number of aromatic nitrogens is 8. The molecule has 6 heterocycles. The summed E-state index contributed by atoms with van der Waals surface area (Å²) in [5.74, 6) is 3.66. The van der Waals surface area contributed by atoms with Crippen molar-refractivity contribution in [1.29, 1.82) is 0 Å². The fraction of sp³-hybridized carbons (Fsp3) is 0. The highest BCUT2D eigenvalue weighted by Crippen LogP contribution is 2.46. The van der Waals surface area contributed by atoms with Gasteiger partial charge in [-0.1, -0.05) is 303 Å². The van der Waals surface area contributed by atoms with Crippen LogP contribution in [0.25, 0.3) is 212 Å². The quantitative estimate of drug-likeness (QED) is 0.119. The largest absolute Gasteiger partial charge is 0.455 e. The number of hydrogen-bond donors (Lipinski definition) is 0. The molecular formula is C102H64N8O2. The van der Waals surface area contributed by atoms with Crippen LogP contribution in [0, 0.1) is 0 Å². The van der Waals surface area contributed by atoms with Gasteiger partial charge in [0.2, 0.25) is 0 Å². The minimum absolute atomic E-state index is 0.598. The molecule has 0 unspecified atom stereocenters. The molecule has 0 spiro atoms. The van der Waals surface area contributed by atoms with Gasteiger partial charge in [0.15, 0.2) is 34.9 Å². The molecule has 16 aromatic carbocycles. The Morgan fingerprint density at radius 2 is 0.473 bits per heavy atom. The van der Waals surface area contributed by atoms with E-state index in [1.807, 2.05) is 84.9 Å². The number of rotatable bonds is 12. The molecule has 6 aromatic heterocycles. The van der Waals surface area contributed by atoms with Crippen molar-refractivity contribution < 1.29 is 8.83 Å². The molecule has 0 atom stereocenters. The molecule has 0 radical (unpaired) electrons. The van der Waals surface area contributed by atoms with E-state index in [9.17, 15) is 0 Å². The van der Waals surface area contributed by atoms with Gasteiger partial charge in [-0.15, -0.1) is 0 Å². The fourth-order valence-corrected chi connectivity index (χ4v) is 16.0. The van der Waals surface area contributed by atoms with Gasteiger partial charge in [0.05, 0.1) is 44.2 Å². The summed E-state index contributed by atoms with van der Waals surface area (Å²) in [5.41, 5.74) is 24.4. The predicted octanol–water partition coefficient (Wildman–Crippen LogP) is 26.4. The predicted molar refractivity (Wildman–Crippen MR) is 457 cm³/mol. The maximum absolute atomic E-state index is 6.82. The maximum atomic E-state index is 6.82. The van der Waals surface area contributed by atoms with Gasteiger partial charge in [0.1, 0.15) is 22.3 Å². The number of benzene rings is 16. The van der Waals surface area contributed by atoms with Crippen molar-refractivity contribution in [1.82, 2.24) is 39.0 Å². The van der Waals surface area contributed by atoms with Crippen LogP contribution in [0.3, 0.4) is 0 Å². The van der Waals surface area contributed by atoms with E-state index >= 15 is 0 Å². The van der Waals surface area contributed by atoms with E-state index in [4.69, 9.17) is 38.7 Å². The Balaban J connectivity index is 0.000000141. The first-order chi connectivity index (χ1) is 55.5. The normalized spacial score (nSPS) is 11.6. The zero-order valence-corrected chi connectivity index (χ0v) is 60.3. The number of nitrogens with zero attached hydrogens (tertiary/aromatic N) is 8. The lowest BCUT2D eigenvalue weighted by Gasteiger charge is -2.14. The Bertz CT molecular complexity index is 7030. The third-order valence-electron chi connectivity index (χ3n) is 21.4. The van der Waals surface area contributed by atoms with E-state index in [2.05, 4.69) is 312 Å². The molecule has 0 aliphatic rings. The van der Waals surface area contributed by atoms with E-state index in [1.165, 1.54) is 5.56 Å². The van der Waals surface area contributed by atoms with Crippen molar-refractivity contribution >= 4 is 87.5 Å². The molecule has 112 heavy (non-hydrogen) atoms. The summed E-state index contributed by atoms with van der Waals surface area (Å²) in [7, 11) is 0. The summed E-state index contributed by atoms with van der Waals surface area (Å²) in [6.07, 6.45) is 0. The van der Waals surface area contributed by atoms with Crippen LogP contribution in [0.15, 0.2) is 397 Å². The lowest BCUT2D eigenvalue weighted by molar-refractivity contribution is 0.672. The lowest BCUT2D eigenvalue weighted by Crippen LogP contribution is -2.03. The van der Waals surface area contributed by atoms with Crippen molar-refractivity contribution in [2.24, 2.45) is 0 Å². The SMILES string of the molecule is c1ccc(-c2ccc(-c3nc(-c4ccccc4)nc(-c4ccccc4-n4c5ccccc5c5c6oc7cc(-c8ccccc8)ccc7c6ccc54)n3)cc2)cc1.c1ccc(-c2ccc(-c3nc(-c4ccccc4)nc(-c4ccccc4-n4c5ccccc5c5c6oc7ccc(-c8ccccc8)cc7c6ccc54)n3)cc2)cc1. The van der Waals surface area contributed by atoms with Gasteiger partial charge in [-0.25, -0.2) is 29.9 Å². The molecule has 0 fully saturated rings. The molecular weight excluding hydrogens is 1370 g/mol. The average Bonchev–Trinajstić information content (AvgIpc) is 1.56. The highest BCUT2D eigenvalue weighted by atomic mass is 16.3. The molecule has 0 saturated heterocycles. The van der Waals surface area contributed by atoms with Gasteiger partial charge in [0, 0.05) is 65.7 Å². The number of furan rings is 2. The highest BCUT2D eigenvalue weighted by molar-refractivity contribution is 6.26. The zero-order valence-electron chi connectivity index (χ0n) is 60.3. The van der Waals surface area contributed by atoms with Crippen LogP contribution in [-0.2, 0) is 0 Å². The van der Waals surface area contributed by atoms with E-state index < -0.39 is 0 Å². The molecule has 0 bridgehead atoms. The fourth-order valence-electron chi connectivity index (χ4n) is 16.0. The van der Waals surface area contributed by atoms with Gasteiger partial charge < -0.3 is 18.0 Å². The van der Waals surface area contributed by atoms with Crippen molar-refractivity contribution in [3.63, 3.8) is 0 Å². The first-order valence-electron chi connectivity index (χ1n) is 37.6. The second-order valence-electron chi connectivity index (χ2n) is 28.0. The first kappa shape index (κ1) is 65.1. The molecule has 22 aromatic rings. The summed E-state index contributed by atoms with van der Waals surface area (Å²) < 4.78 is 18.2. The van der Waals surface area contributed by atoms with E-state index in [1.54, 1.807) is 0 Å². The second kappa shape index (κ2) is 27.5. The number of hydrogen-bond acceptors (Lipinski definition) is 8. The molecule has 22 rings (SSSR count). The first-order valence-corrected chi connectivity index (χ1v) is 37.6. The average molecular weight is 1430 g/mol. The molecule has 0 N–H and O–H groups in total. The van der Waals surface area contributed by atoms with Crippen LogP contribution < -0.4 is 0 Å². The van der Waals surface area contributed by atoms with Gasteiger partial charge in [-0.05, 0) is 129 Å². The van der Waals surface area contributed by atoms with Crippen LogP contribution in [0.1, 0.15) is 0 Å². The van der Waals surface area contributed by atoms with Gasteiger partial charge in [0.25, 0.3) is 0 Å². The summed E-state index contributed by atoms with van der Waals surface area (Å²) in [5, 5.41) is 8.77. The number of fused-ring (bicyclic) bond motifs is 14. The van der Waals surface area contributed by atoms with E-state index in [-0.39, 0.29) is 0 Å². The topological polar surface area (TPSA) is 113 Å². The van der Waals surface area contributed by atoms with Crippen molar-refractivity contribution in [2.45, 2.75) is 0 Å². The summed E-state index contributed by atoms with van der Waals surface area (Å²) in [4.78, 5) is 30.8. The molecule has 10 nitrogen and oxygen atoms in total. The summed E-state index contributed by atoms with van der Waals surface area (Å²) in [6.45, 7) is 0. The van der Waals surface area contributed by atoms with Gasteiger partial charge in [-0.2, -0.15) is 0 Å². The Morgan fingerprint density at radius 1 is 0.179 bits per heavy atom. The van der Waals surface area contributed by atoms with Gasteiger partial charge in [-0.3, -0.25) is 0 Å². The molecule has 0 saturated carbocycles. The maximum Gasteiger partial charge on any atom is 0.166 e. The third-order valence-corrected chi connectivity index (χ3v) is 21.4. The Hall–Kier alpha value is -15.3. The van der Waals surface area contributed by atoms with Crippen LogP contribution in [-0.4, -0.2) is 39.0 Å². The van der Waals surface area contributed by atoms with Gasteiger partial charge >= 0.3 is 0 Å². The van der Waals surface area contributed by atoms with Crippen molar-refractivity contribution in [2.75, 3.05) is 0 Å². The molecule has 0 aliphatic heterocycles. The van der Waals surface area contributed by atoms with Crippen LogP contribution >= 0.6 is 0 Å². The monoisotopic (exact) mass is 1430 g/mol. The molecule has 0 amide bonds. The molecule has 10 heteroatoms. The Kier molecular flexibility index (Phi) is 16.0. The zero-order chi connectivity index (χ0) is 74.0. The van der Waals surface area contributed by atoms with Crippen molar-refractivity contribution in [3.05, 3.63) is 388 Å². The standard InChI is InChI=1S/2C51H32N4O/c1-4-14-33(15-5-1)35-24-26-37(27-25-35)50-52-49(36-18-8-3-9-19-36)53-51(54-50)41-21-11-13-23-44(41)55-43-22-12-10-20-40(43)47-45(55)30-29-39-42-32-38(34-16-6-2-7-17-34)28-31-46(42)56-48(39)47;1-4-14-33(15-5-1)35-24-26-37(27-25-35)50-52-49(36-18-8-3-9-19-36)53-51(54-50)42-21-11-13-23-44(42)55-43-22-12-10-20-41(43)47-45(55)31-30-40-39-29-28-38(32-46(39)56-48(40)47)34-16-6-2-7-17-34/h2*1-32H.